The summed E-state index contributed by atoms with van der Waals surface area (Å²) in [5.74, 6) is -0.261. The molecule has 1 atom stereocenters. The summed E-state index contributed by atoms with van der Waals surface area (Å²) in [4.78, 5) is 24.2. The molecule has 0 radical (unpaired) electrons. The molecule has 0 bridgehead atoms. The minimum absolute atomic E-state index is 0.301. The van der Waals surface area contributed by atoms with E-state index >= 15 is 0 Å². The van der Waals surface area contributed by atoms with Crippen LogP contribution in [0, 0.1) is 0 Å². The highest BCUT2D eigenvalue weighted by Gasteiger charge is 2.36. The summed E-state index contributed by atoms with van der Waals surface area (Å²) in [5, 5.41) is 3.06. The van der Waals surface area contributed by atoms with Gasteiger partial charge in [-0.05, 0) is 24.3 Å². The molecule has 1 unspecified atom stereocenters. The third kappa shape index (κ3) is 2.84. The van der Waals surface area contributed by atoms with Crippen LogP contribution in [0.25, 0.3) is 0 Å². The molecule has 1 aliphatic heterocycles. The molecule has 0 amide bonds. The Labute approximate surface area is 144 Å². The Morgan fingerprint density at radius 3 is 2.52 bits per heavy atom. The SMILES string of the molecule is COC(=O)c1ccccc1NC1OC(=O)c2c1ccc(OC)c2OC. The normalized spacial score (nSPS) is 15.2. The van der Waals surface area contributed by atoms with E-state index in [0.717, 1.165) is 0 Å². The number of para-hydroxylation sites is 1. The maximum atomic E-state index is 12.3. The molecule has 7 nitrogen and oxygen atoms in total. The second kappa shape index (κ2) is 6.72. The van der Waals surface area contributed by atoms with Gasteiger partial charge in [-0.2, -0.15) is 0 Å². The maximum absolute atomic E-state index is 12.3. The lowest BCUT2D eigenvalue weighted by Gasteiger charge is -2.17. The Bertz CT molecular complexity index is 832. The second-order valence-corrected chi connectivity index (χ2v) is 5.23. The first-order chi connectivity index (χ1) is 12.1. The van der Waals surface area contributed by atoms with Crippen molar-refractivity contribution in [2.24, 2.45) is 0 Å². The van der Waals surface area contributed by atoms with Gasteiger partial charge in [0.15, 0.2) is 11.5 Å². The molecular weight excluding hydrogens is 326 g/mol. The molecule has 25 heavy (non-hydrogen) atoms. The van der Waals surface area contributed by atoms with Gasteiger partial charge in [0.2, 0.25) is 6.23 Å². The summed E-state index contributed by atoms with van der Waals surface area (Å²) < 4.78 is 20.7. The van der Waals surface area contributed by atoms with E-state index in [1.807, 2.05) is 0 Å². The van der Waals surface area contributed by atoms with Gasteiger partial charge in [0.1, 0.15) is 5.56 Å². The summed E-state index contributed by atoms with van der Waals surface area (Å²) in [5.41, 5.74) is 1.74. The Balaban J connectivity index is 1.99. The van der Waals surface area contributed by atoms with Crippen LogP contribution >= 0.6 is 0 Å². The lowest BCUT2D eigenvalue weighted by Crippen LogP contribution is -2.14. The monoisotopic (exact) mass is 343 g/mol. The van der Waals surface area contributed by atoms with Crippen LogP contribution in [0.5, 0.6) is 11.5 Å². The zero-order valence-corrected chi connectivity index (χ0v) is 14.0. The van der Waals surface area contributed by atoms with Crippen LogP contribution in [-0.4, -0.2) is 33.3 Å². The van der Waals surface area contributed by atoms with Crippen LogP contribution < -0.4 is 14.8 Å². The molecule has 0 aromatic heterocycles. The van der Waals surface area contributed by atoms with Gasteiger partial charge in [-0.15, -0.1) is 0 Å². The maximum Gasteiger partial charge on any atom is 0.344 e. The minimum atomic E-state index is -0.756. The number of methoxy groups -OCH3 is 3. The second-order valence-electron chi connectivity index (χ2n) is 5.23. The van der Waals surface area contributed by atoms with Gasteiger partial charge in [0, 0.05) is 5.56 Å². The summed E-state index contributed by atoms with van der Waals surface area (Å²) in [7, 11) is 4.26. The van der Waals surface area contributed by atoms with E-state index in [-0.39, 0.29) is 0 Å². The molecule has 3 rings (SSSR count). The molecule has 0 aliphatic carbocycles. The molecule has 1 aliphatic rings. The molecule has 130 valence electrons. The quantitative estimate of drug-likeness (QED) is 0.836. The molecule has 1 N–H and O–H groups in total. The van der Waals surface area contributed by atoms with E-state index in [9.17, 15) is 9.59 Å². The topological polar surface area (TPSA) is 83.1 Å². The Kier molecular flexibility index (Phi) is 4.47. The number of cyclic esters (lactones) is 1. The van der Waals surface area contributed by atoms with Crippen LogP contribution in [-0.2, 0) is 9.47 Å². The van der Waals surface area contributed by atoms with Crippen molar-refractivity contribution in [3.63, 3.8) is 0 Å². The van der Waals surface area contributed by atoms with Crippen LogP contribution in [0.3, 0.4) is 0 Å². The summed E-state index contributed by atoms with van der Waals surface area (Å²) >= 11 is 0. The van der Waals surface area contributed by atoms with Gasteiger partial charge in [-0.3, -0.25) is 0 Å². The highest BCUT2D eigenvalue weighted by atomic mass is 16.6. The van der Waals surface area contributed by atoms with Crippen molar-refractivity contribution in [2.75, 3.05) is 26.6 Å². The van der Waals surface area contributed by atoms with E-state index in [0.29, 0.717) is 33.9 Å². The van der Waals surface area contributed by atoms with Gasteiger partial charge >= 0.3 is 11.9 Å². The number of ether oxygens (including phenoxy) is 4. The van der Waals surface area contributed by atoms with Gasteiger partial charge in [-0.25, -0.2) is 9.59 Å². The molecule has 0 saturated heterocycles. The highest BCUT2D eigenvalue weighted by Crippen LogP contribution is 2.42. The predicted molar refractivity (Wildman–Crippen MR) is 89.1 cm³/mol. The molecule has 7 heteroatoms. The van der Waals surface area contributed by atoms with Crippen molar-refractivity contribution >= 4 is 17.6 Å². The largest absolute Gasteiger partial charge is 0.493 e. The lowest BCUT2D eigenvalue weighted by atomic mass is 10.1. The first kappa shape index (κ1) is 16.6. The molecule has 1 heterocycles. The van der Waals surface area contributed by atoms with Crippen LogP contribution in [0.15, 0.2) is 36.4 Å². The molecular formula is C18H17NO6. The van der Waals surface area contributed by atoms with E-state index in [1.54, 1.807) is 36.4 Å². The van der Waals surface area contributed by atoms with Crippen molar-refractivity contribution in [2.45, 2.75) is 6.23 Å². The van der Waals surface area contributed by atoms with E-state index in [2.05, 4.69) is 5.32 Å². The zero-order valence-electron chi connectivity index (χ0n) is 14.0. The highest BCUT2D eigenvalue weighted by molar-refractivity contribution is 5.99. The van der Waals surface area contributed by atoms with Gasteiger partial charge in [0.25, 0.3) is 0 Å². The standard InChI is InChI=1S/C18H17NO6/c1-22-13-9-8-11-14(15(13)23-2)18(21)25-16(11)19-12-7-5-4-6-10(12)17(20)24-3/h4-9,16,19H,1-3H3. The number of rotatable bonds is 5. The number of hydrogen-bond donors (Lipinski definition) is 1. The fraction of sp³-hybridized carbons (Fsp3) is 0.222. The summed E-state index contributed by atoms with van der Waals surface area (Å²) in [6.45, 7) is 0. The van der Waals surface area contributed by atoms with E-state index < -0.39 is 18.2 Å². The molecule has 0 saturated carbocycles. The molecule has 2 aromatic carbocycles. The minimum Gasteiger partial charge on any atom is -0.493 e. The van der Waals surface area contributed by atoms with Gasteiger partial charge in [0.05, 0.1) is 32.6 Å². The smallest absolute Gasteiger partial charge is 0.344 e. The summed E-state index contributed by atoms with van der Waals surface area (Å²) in [6, 6.07) is 10.2. The van der Waals surface area contributed by atoms with Crippen LogP contribution in [0.2, 0.25) is 0 Å². The number of hydrogen-bond acceptors (Lipinski definition) is 7. The predicted octanol–water partition coefficient (Wildman–Crippen LogP) is 2.77. The average Bonchev–Trinajstić information content (AvgIpc) is 2.96. The number of carbonyl (C=O) groups is 2. The first-order valence-corrected chi connectivity index (χ1v) is 7.50. The van der Waals surface area contributed by atoms with Crippen molar-refractivity contribution in [3.05, 3.63) is 53.1 Å². The fourth-order valence-corrected chi connectivity index (χ4v) is 2.75. The molecule has 0 fully saturated rings. The Morgan fingerprint density at radius 2 is 1.84 bits per heavy atom. The fourth-order valence-electron chi connectivity index (χ4n) is 2.75. The average molecular weight is 343 g/mol. The Hall–Kier alpha value is -3.22. The van der Waals surface area contributed by atoms with Crippen molar-refractivity contribution in [3.8, 4) is 11.5 Å². The third-order valence-corrected chi connectivity index (χ3v) is 3.91. The molecule has 2 aromatic rings. The zero-order chi connectivity index (χ0) is 18.0. The number of benzene rings is 2. The van der Waals surface area contributed by atoms with Gasteiger partial charge in [-0.1, -0.05) is 12.1 Å². The first-order valence-electron chi connectivity index (χ1n) is 7.50. The number of esters is 2. The molecule has 0 spiro atoms. The number of nitrogens with one attached hydrogen (secondary N) is 1. The number of fused-ring (bicyclic) bond motifs is 1. The van der Waals surface area contributed by atoms with Crippen molar-refractivity contribution < 1.29 is 28.5 Å². The number of carbonyl (C=O) groups excluding carboxylic acids is 2. The third-order valence-electron chi connectivity index (χ3n) is 3.91. The van der Waals surface area contributed by atoms with Crippen LogP contribution in [0.1, 0.15) is 32.5 Å². The lowest BCUT2D eigenvalue weighted by molar-refractivity contribution is 0.0435. The van der Waals surface area contributed by atoms with Crippen LogP contribution in [0.4, 0.5) is 5.69 Å². The van der Waals surface area contributed by atoms with E-state index in [1.165, 1.54) is 21.3 Å². The Morgan fingerprint density at radius 1 is 1.08 bits per heavy atom. The van der Waals surface area contributed by atoms with Crippen molar-refractivity contribution in [1.82, 2.24) is 0 Å². The van der Waals surface area contributed by atoms with E-state index in [4.69, 9.17) is 18.9 Å². The number of anilines is 1. The van der Waals surface area contributed by atoms with Crippen molar-refractivity contribution in [1.29, 1.82) is 0 Å². The van der Waals surface area contributed by atoms with Gasteiger partial charge < -0.3 is 24.3 Å². The summed E-state index contributed by atoms with van der Waals surface area (Å²) in [6.07, 6.45) is -0.756.